The van der Waals surface area contributed by atoms with Gasteiger partial charge >= 0.3 is 5.97 Å². The fraction of sp³-hybridized carbons (Fsp3) is 0.286. The van der Waals surface area contributed by atoms with E-state index in [0.717, 1.165) is 11.1 Å². The Bertz CT molecular complexity index is 1080. The van der Waals surface area contributed by atoms with Crippen molar-refractivity contribution in [1.29, 1.82) is 0 Å². The molecule has 0 aliphatic heterocycles. The lowest BCUT2D eigenvalue weighted by atomic mass is 9.99. The Kier molecular flexibility index (Phi) is 12.4. The summed E-state index contributed by atoms with van der Waals surface area (Å²) in [6, 6.07) is 24.9. The van der Waals surface area contributed by atoms with E-state index in [9.17, 15) is 24.9 Å². The van der Waals surface area contributed by atoms with E-state index in [1.165, 1.54) is 0 Å². The van der Waals surface area contributed by atoms with Crippen LogP contribution in [0.4, 0.5) is 0 Å². The van der Waals surface area contributed by atoms with E-state index in [0.29, 0.717) is 5.56 Å². The van der Waals surface area contributed by atoms with Crippen LogP contribution in [0.1, 0.15) is 35.3 Å². The van der Waals surface area contributed by atoms with Crippen molar-refractivity contribution in [3.8, 4) is 0 Å². The zero-order chi connectivity index (χ0) is 26.8. The van der Waals surface area contributed by atoms with E-state index in [4.69, 9.17) is 15.6 Å². The third-order valence-corrected chi connectivity index (χ3v) is 5.93. The lowest BCUT2D eigenvalue weighted by molar-refractivity contribution is -0.149. The second-order valence-corrected chi connectivity index (χ2v) is 8.64. The predicted octanol–water partition coefficient (Wildman–Crippen LogP) is 1.39. The molecule has 0 heterocycles. The van der Waals surface area contributed by atoms with Crippen molar-refractivity contribution in [2.45, 2.75) is 42.9 Å². The Morgan fingerprint density at radius 2 is 1.21 bits per heavy atom. The molecule has 38 heavy (non-hydrogen) atoms. The molecular formula is C28H33ClN2O7. The number of nitrogens with one attached hydrogen (secondary N) is 1. The summed E-state index contributed by atoms with van der Waals surface area (Å²) in [4.78, 5) is 25.9. The summed E-state index contributed by atoms with van der Waals surface area (Å²) in [5, 5.41) is 42.0. The molecule has 3 aromatic carbocycles. The van der Waals surface area contributed by atoms with Crippen LogP contribution in [0.2, 0.25) is 0 Å². The van der Waals surface area contributed by atoms with Gasteiger partial charge < -0.3 is 36.2 Å². The molecular weight excluding hydrogens is 512 g/mol. The maximum atomic E-state index is 13.1. The van der Waals surface area contributed by atoms with Gasteiger partial charge in [0, 0.05) is 0 Å². The van der Waals surface area contributed by atoms with Crippen LogP contribution in [0, 0.1) is 0 Å². The van der Waals surface area contributed by atoms with Gasteiger partial charge in [-0.25, -0.2) is 0 Å². The first-order valence-electron chi connectivity index (χ1n) is 11.9. The van der Waals surface area contributed by atoms with Crippen LogP contribution in [0.5, 0.6) is 0 Å². The zero-order valence-electron chi connectivity index (χ0n) is 20.5. The Labute approximate surface area is 227 Å². The molecule has 0 spiro atoms. The maximum absolute atomic E-state index is 13.1. The van der Waals surface area contributed by atoms with Crippen molar-refractivity contribution >= 4 is 24.3 Å². The number of rotatable bonds is 12. The van der Waals surface area contributed by atoms with Crippen LogP contribution in [-0.2, 0) is 14.3 Å². The Balaban J connectivity index is 0.00000507. The number of ether oxygens (including phenoxy) is 1. The van der Waals surface area contributed by atoms with Crippen molar-refractivity contribution in [2.24, 2.45) is 5.73 Å². The lowest BCUT2D eigenvalue weighted by Gasteiger charge is -2.27. The summed E-state index contributed by atoms with van der Waals surface area (Å²) >= 11 is 0. The van der Waals surface area contributed by atoms with Gasteiger partial charge in [-0.2, -0.15) is 0 Å². The first-order chi connectivity index (χ1) is 17.8. The van der Waals surface area contributed by atoms with E-state index in [1.807, 2.05) is 60.7 Å². The molecule has 0 bridgehead atoms. The Hall–Kier alpha value is -3.31. The fourth-order valence-corrected chi connectivity index (χ4v) is 3.83. The largest absolute Gasteiger partial charge is 0.452 e. The summed E-state index contributed by atoms with van der Waals surface area (Å²) in [5.41, 5.74) is 7.61. The molecule has 0 aliphatic rings. The number of amides is 1. The van der Waals surface area contributed by atoms with Crippen LogP contribution in [0.3, 0.4) is 0 Å². The maximum Gasteiger partial charge on any atom is 0.309 e. The highest BCUT2D eigenvalue weighted by atomic mass is 35.5. The minimum absolute atomic E-state index is 0. The first-order valence-corrected chi connectivity index (χ1v) is 11.9. The third kappa shape index (κ3) is 8.35. The molecule has 0 aromatic heterocycles. The average Bonchev–Trinajstić information content (AvgIpc) is 2.95. The molecule has 3 rings (SSSR count). The van der Waals surface area contributed by atoms with Gasteiger partial charge in [-0.1, -0.05) is 91.0 Å². The van der Waals surface area contributed by atoms with E-state index in [1.54, 1.807) is 30.3 Å². The monoisotopic (exact) mass is 544 g/mol. The summed E-state index contributed by atoms with van der Waals surface area (Å²) in [5.74, 6) is -1.63. The molecule has 3 aromatic rings. The quantitative estimate of drug-likeness (QED) is 0.186. The second-order valence-electron chi connectivity index (χ2n) is 8.64. The number of carbonyl (C=O) groups is 2. The number of aliphatic hydroxyl groups excluding tert-OH is 4. The molecule has 0 aliphatic carbocycles. The molecule has 5 atom stereocenters. The van der Waals surface area contributed by atoms with Gasteiger partial charge in [0.05, 0.1) is 25.1 Å². The number of hydrogen-bond acceptors (Lipinski definition) is 8. The molecule has 1 amide bonds. The number of carbonyl (C=O) groups excluding carboxylic acids is 2. The molecule has 0 radical (unpaired) electrons. The molecule has 7 N–H and O–H groups in total. The number of aliphatic hydroxyl groups is 4. The molecule has 10 heteroatoms. The van der Waals surface area contributed by atoms with Crippen molar-refractivity contribution in [2.75, 3.05) is 6.61 Å². The molecule has 0 saturated heterocycles. The lowest BCUT2D eigenvalue weighted by Crippen LogP contribution is -2.54. The molecule has 204 valence electrons. The molecule has 1 unspecified atom stereocenters. The van der Waals surface area contributed by atoms with E-state index < -0.39 is 55.0 Å². The van der Waals surface area contributed by atoms with E-state index in [2.05, 4.69) is 5.32 Å². The minimum Gasteiger partial charge on any atom is -0.452 e. The summed E-state index contributed by atoms with van der Waals surface area (Å²) in [7, 11) is 0. The first kappa shape index (κ1) is 30.9. The van der Waals surface area contributed by atoms with Gasteiger partial charge in [0.1, 0.15) is 12.2 Å². The molecule has 0 fully saturated rings. The summed E-state index contributed by atoms with van der Waals surface area (Å²) < 4.78 is 5.86. The third-order valence-electron chi connectivity index (χ3n) is 5.93. The Morgan fingerprint density at radius 3 is 1.66 bits per heavy atom. The Morgan fingerprint density at radius 1 is 0.763 bits per heavy atom. The predicted molar refractivity (Wildman–Crippen MR) is 143 cm³/mol. The van der Waals surface area contributed by atoms with Crippen molar-refractivity contribution in [3.63, 3.8) is 0 Å². The number of halogens is 1. The van der Waals surface area contributed by atoms with Crippen molar-refractivity contribution < 1.29 is 34.8 Å². The summed E-state index contributed by atoms with van der Waals surface area (Å²) in [6.45, 7) is -0.658. The fourth-order valence-electron chi connectivity index (χ4n) is 3.83. The standard InChI is InChI=1S/C28H32N2O7.ClH/c29-21(17-31)24(33)25(34)26(35)28(36)30-22(18-10-4-1-5-11-18)16-23(32)37-27(19-12-6-2-7-13-19)20-14-8-3-9-15-20;/h1-15,21-22,24-27,31,33-35H,16-17,29H2,(H,30,36);1H/t21-,22?,24-,25-,26+;/m1./s1. The van der Waals surface area contributed by atoms with Crippen LogP contribution < -0.4 is 11.1 Å². The smallest absolute Gasteiger partial charge is 0.309 e. The normalized spacial score (nSPS) is 14.9. The van der Waals surface area contributed by atoms with Crippen LogP contribution in [-0.4, -0.2) is 63.3 Å². The highest BCUT2D eigenvalue weighted by Gasteiger charge is 2.35. The molecule has 9 nitrogen and oxygen atoms in total. The van der Waals surface area contributed by atoms with Gasteiger partial charge in [0.2, 0.25) is 0 Å². The van der Waals surface area contributed by atoms with Gasteiger partial charge in [0.25, 0.3) is 5.91 Å². The van der Waals surface area contributed by atoms with Gasteiger partial charge in [-0.05, 0) is 16.7 Å². The SMILES string of the molecule is Cl.N[C@H](CO)[C@@H](O)[C@@H](O)[C@H](O)C(=O)NC(CC(=O)OC(c1ccccc1)c1ccccc1)c1ccccc1. The number of hydrogen-bond donors (Lipinski definition) is 6. The summed E-state index contributed by atoms with van der Waals surface area (Å²) in [6.07, 6.45) is -6.71. The van der Waals surface area contributed by atoms with Gasteiger partial charge in [-0.3, -0.25) is 9.59 Å². The zero-order valence-corrected chi connectivity index (χ0v) is 21.4. The van der Waals surface area contributed by atoms with Crippen LogP contribution in [0.25, 0.3) is 0 Å². The van der Waals surface area contributed by atoms with Gasteiger partial charge in [-0.15, -0.1) is 12.4 Å². The van der Waals surface area contributed by atoms with Crippen molar-refractivity contribution in [1.82, 2.24) is 5.32 Å². The van der Waals surface area contributed by atoms with Crippen LogP contribution in [0.15, 0.2) is 91.0 Å². The number of benzene rings is 3. The molecule has 0 saturated carbocycles. The van der Waals surface area contributed by atoms with Crippen LogP contribution >= 0.6 is 12.4 Å². The second kappa shape index (κ2) is 15.2. The highest BCUT2D eigenvalue weighted by Crippen LogP contribution is 2.28. The average molecular weight is 545 g/mol. The van der Waals surface area contributed by atoms with E-state index >= 15 is 0 Å². The minimum atomic E-state index is -2.06. The number of esters is 1. The number of nitrogens with two attached hydrogens (primary N) is 1. The van der Waals surface area contributed by atoms with E-state index in [-0.39, 0.29) is 18.8 Å². The van der Waals surface area contributed by atoms with Crippen molar-refractivity contribution in [3.05, 3.63) is 108 Å². The van der Waals surface area contributed by atoms with Gasteiger partial charge in [0.15, 0.2) is 12.2 Å². The topological polar surface area (TPSA) is 162 Å². The highest BCUT2D eigenvalue weighted by molar-refractivity contribution is 5.85.